The first-order valence-corrected chi connectivity index (χ1v) is 10.4. The smallest absolute Gasteiger partial charge is 0.411 e. The topological polar surface area (TPSA) is 66.8 Å². The summed E-state index contributed by atoms with van der Waals surface area (Å²) in [6.45, 7) is 2.29. The number of carboxylic acids is 1. The third-order valence-electron chi connectivity index (χ3n) is 6.69. The van der Waals surface area contributed by atoms with Gasteiger partial charge < -0.3 is 9.84 Å². The number of ether oxygens (including phenoxy) is 1. The first-order valence-electron chi connectivity index (χ1n) is 10.4. The number of carbonyl (C=O) groups is 2. The predicted octanol–water partition coefficient (Wildman–Crippen LogP) is 4.29. The van der Waals surface area contributed by atoms with E-state index in [-0.39, 0.29) is 18.4 Å². The highest BCUT2D eigenvalue weighted by molar-refractivity contribution is 5.86. The maximum Gasteiger partial charge on any atom is 0.411 e. The lowest BCUT2D eigenvalue weighted by Gasteiger charge is -2.43. The van der Waals surface area contributed by atoms with Gasteiger partial charge in [0.05, 0.1) is 0 Å². The van der Waals surface area contributed by atoms with E-state index in [9.17, 15) is 14.7 Å². The summed E-state index contributed by atoms with van der Waals surface area (Å²) in [5.74, 6) is -1.13. The van der Waals surface area contributed by atoms with Crippen molar-refractivity contribution in [2.75, 3.05) is 6.54 Å². The molecule has 29 heavy (non-hydrogen) atoms. The first-order chi connectivity index (χ1) is 14.1. The molecule has 152 valence electrons. The second kappa shape index (κ2) is 7.90. The second-order valence-electron chi connectivity index (χ2n) is 8.06. The van der Waals surface area contributed by atoms with Crippen LogP contribution in [0, 0.1) is 11.8 Å². The molecule has 2 aliphatic carbocycles. The van der Waals surface area contributed by atoms with Gasteiger partial charge in [0.25, 0.3) is 0 Å². The fourth-order valence-corrected chi connectivity index (χ4v) is 5.42. The molecule has 5 nitrogen and oxygen atoms in total. The number of aliphatic carboxylic acids is 1. The number of fused-ring (bicyclic) bond motifs is 3. The molecular formula is C24H27NO4. The number of rotatable bonds is 5. The van der Waals surface area contributed by atoms with Gasteiger partial charge in [-0.3, -0.25) is 4.90 Å². The van der Waals surface area contributed by atoms with Gasteiger partial charge in [0.1, 0.15) is 12.1 Å². The molecule has 1 N–H and O–H groups in total. The maximum absolute atomic E-state index is 13.1. The Bertz CT molecular complexity index is 862. The van der Waals surface area contributed by atoms with E-state index in [0.717, 1.165) is 18.4 Å². The molecule has 0 spiro atoms. The van der Waals surface area contributed by atoms with Crippen LogP contribution in [0.15, 0.2) is 54.6 Å². The van der Waals surface area contributed by atoms with Gasteiger partial charge in [-0.15, -0.1) is 0 Å². The molecular weight excluding hydrogens is 366 g/mol. The first kappa shape index (κ1) is 19.5. The molecule has 2 unspecified atom stereocenters. The Balaban J connectivity index is 1.65. The van der Waals surface area contributed by atoms with Crippen LogP contribution in [0.2, 0.25) is 0 Å². The lowest BCUT2D eigenvalue weighted by molar-refractivity contribution is -0.156. The number of carboxylic acid groups (broad SMARTS) is 1. The van der Waals surface area contributed by atoms with Crippen molar-refractivity contribution in [3.63, 3.8) is 0 Å². The largest absolute Gasteiger partial charge is 0.479 e. The Morgan fingerprint density at radius 1 is 1.00 bits per heavy atom. The van der Waals surface area contributed by atoms with Crippen LogP contribution in [0.5, 0.6) is 0 Å². The van der Waals surface area contributed by atoms with Crippen LogP contribution in [-0.4, -0.2) is 34.2 Å². The molecule has 2 atom stereocenters. The summed E-state index contributed by atoms with van der Waals surface area (Å²) in [7, 11) is 0. The van der Waals surface area contributed by atoms with E-state index in [2.05, 4.69) is 12.1 Å². The number of carbonyl (C=O) groups excluding carboxylic acids is 1. The van der Waals surface area contributed by atoms with Crippen LogP contribution >= 0.6 is 0 Å². The van der Waals surface area contributed by atoms with Crippen molar-refractivity contribution in [3.05, 3.63) is 71.3 Å². The Morgan fingerprint density at radius 3 is 2.07 bits per heavy atom. The lowest BCUT2D eigenvalue weighted by Crippen LogP contribution is -2.63. The fraction of sp³-hybridized carbons (Fsp3) is 0.417. The highest BCUT2D eigenvalue weighted by atomic mass is 16.6. The summed E-state index contributed by atoms with van der Waals surface area (Å²) in [4.78, 5) is 27.4. The number of hydrogen-bond donors (Lipinski definition) is 1. The van der Waals surface area contributed by atoms with Gasteiger partial charge in [0.15, 0.2) is 0 Å². The van der Waals surface area contributed by atoms with Gasteiger partial charge in [-0.05, 0) is 61.1 Å². The average Bonchev–Trinajstić information content (AvgIpc) is 2.99. The number of amides is 1. The number of hydrogen-bond acceptors (Lipinski definition) is 3. The molecule has 0 radical (unpaired) electrons. The van der Waals surface area contributed by atoms with E-state index in [0.29, 0.717) is 19.4 Å². The third-order valence-corrected chi connectivity index (χ3v) is 6.69. The highest BCUT2D eigenvalue weighted by Crippen LogP contribution is 2.51. The zero-order valence-electron chi connectivity index (χ0n) is 16.7. The standard InChI is InChI=1S/C24H27NO4/c1-2-25(23(28)29-16-17-8-4-3-5-9-17)24(22(26)27)20-12-13-21(24)15-19-11-7-6-10-18(19)14-20/h3-11,20-21H,2,12-16H2,1H3,(H,26,27). The SMILES string of the molecule is CCN(C(=O)OCc1ccccc1)C1(C(=O)O)C2CCC1Cc1ccccc1C2. The van der Waals surface area contributed by atoms with Crippen LogP contribution in [0.25, 0.3) is 0 Å². The minimum Gasteiger partial charge on any atom is -0.479 e. The van der Waals surface area contributed by atoms with E-state index >= 15 is 0 Å². The number of likely N-dealkylation sites (N-methyl/N-ethyl adjacent to an activating group) is 1. The van der Waals surface area contributed by atoms with Crippen molar-refractivity contribution >= 4 is 12.1 Å². The van der Waals surface area contributed by atoms with Crippen molar-refractivity contribution in [2.24, 2.45) is 11.8 Å². The van der Waals surface area contributed by atoms with Gasteiger partial charge in [0.2, 0.25) is 0 Å². The van der Waals surface area contributed by atoms with Gasteiger partial charge in [-0.2, -0.15) is 0 Å². The Labute approximate surface area is 171 Å². The van der Waals surface area contributed by atoms with Crippen LogP contribution in [0.4, 0.5) is 4.79 Å². The van der Waals surface area contributed by atoms with E-state index in [1.165, 1.54) is 16.0 Å². The summed E-state index contributed by atoms with van der Waals surface area (Å²) in [6, 6.07) is 17.7. The monoisotopic (exact) mass is 393 g/mol. The molecule has 2 aliphatic rings. The molecule has 2 aromatic carbocycles. The number of benzene rings is 2. The molecule has 0 aliphatic heterocycles. The Kier molecular flexibility index (Phi) is 5.31. The van der Waals surface area contributed by atoms with Crippen molar-refractivity contribution in [3.8, 4) is 0 Å². The third kappa shape index (κ3) is 3.28. The van der Waals surface area contributed by atoms with Crippen molar-refractivity contribution < 1.29 is 19.4 Å². The van der Waals surface area contributed by atoms with Crippen molar-refractivity contribution in [1.82, 2.24) is 4.90 Å². The van der Waals surface area contributed by atoms with Gasteiger partial charge in [-0.25, -0.2) is 9.59 Å². The molecule has 4 rings (SSSR count). The van der Waals surface area contributed by atoms with Crippen LogP contribution in [0.1, 0.15) is 36.5 Å². The molecule has 1 saturated carbocycles. The summed E-state index contributed by atoms with van der Waals surface area (Å²) in [5, 5.41) is 10.5. The van der Waals surface area contributed by atoms with E-state index < -0.39 is 17.6 Å². The fourth-order valence-electron chi connectivity index (χ4n) is 5.42. The van der Waals surface area contributed by atoms with Gasteiger partial charge >= 0.3 is 12.1 Å². The van der Waals surface area contributed by atoms with Crippen LogP contribution in [0.3, 0.4) is 0 Å². The minimum atomic E-state index is -1.22. The Hall–Kier alpha value is -2.82. The quantitative estimate of drug-likeness (QED) is 0.823. The highest BCUT2D eigenvalue weighted by Gasteiger charge is 2.61. The number of nitrogens with zero attached hydrogens (tertiary/aromatic N) is 1. The normalized spacial score (nSPS) is 25.0. The Morgan fingerprint density at radius 2 is 1.55 bits per heavy atom. The van der Waals surface area contributed by atoms with Crippen LogP contribution < -0.4 is 0 Å². The van der Waals surface area contributed by atoms with E-state index in [1.807, 2.05) is 49.4 Å². The molecule has 1 amide bonds. The minimum absolute atomic E-state index is 0.113. The summed E-state index contributed by atoms with van der Waals surface area (Å²) >= 11 is 0. The van der Waals surface area contributed by atoms with Gasteiger partial charge in [0, 0.05) is 6.54 Å². The average molecular weight is 393 g/mol. The predicted molar refractivity (Wildman–Crippen MR) is 109 cm³/mol. The molecule has 0 saturated heterocycles. The molecule has 0 aromatic heterocycles. The summed E-state index contributed by atoms with van der Waals surface area (Å²) in [6.07, 6.45) is 2.45. The molecule has 5 heteroatoms. The molecule has 1 fully saturated rings. The summed E-state index contributed by atoms with van der Waals surface area (Å²) in [5.41, 5.74) is 2.08. The van der Waals surface area contributed by atoms with Crippen LogP contribution in [-0.2, 0) is 29.0 Å². The summed E-state index contributed by atoms with van der Waals surface area (Å²) < 4.78 is 5.58. The molecule has 2 bridgehead atoms. The van der Waals surface area contributed by atoms with E-state index in [4.69, 9.17) is 4.74 Å². The molecule has 0 heterocycles. The maximum atomic E-state index is 13.1. The molecule has 2 aromatic rings. The van der Waals surface area contributed by atoms with Crippen molar-refractivity contribution in [2.45, 2.75) is 44.8 Å². The zero-order valence-corrected chi connectivity index (χ0v) is 16.7. The van der Waals surface area contributed by atoms with E-state index in [1.54, 1.807) is 0 Å². The van der Waals surface area contributed by atoms with Gasteiger partial charge in [-0.1, -0.05) is 54.6 Å². The lowest BCUT2D eigenvalue weighted by atomic mass is 9.77. The zero-order chi connectivity index (χ0) is 20.4. The van der Waals surface area contributed by atoms with Crippen molar-refractivity contribution in [1.29, 1.82) is 0 Å². The second-order valence-corrected chi connectivity index (χ2v) is 8.06.